The van der Waals surface area contributed by atoms with Crippen LogP contribution in [0, 0.1) is 17.8 Å². The molecule has 29 heavy (non-hydrogen) atoms. The number of rotatable bonds is 6. The number of hydrogen-bond acceptors (Lipinski definition) is 3. The molecule has 2 aliphatic carbocycles. The topological polar surface area (TPSA) is 98.7 Å². The molecule has 1 saturated heterocycles. The molecule has 3 fully saturated rings. The van der Waals surface area contributed by atoms with E-state index >= 15 is 0 Å². The molecule has 3 amide bonds. The van der Waals surface area contributed by atoms with E-state index in [4.69, 9.17) is 0 Å². The predicted octanol–water partition coefficient (Wildman–Crippen LogP) is 2.37. The fourth-order valence-electron chi connectivity index (χ4n) is 4.97. The summed E-state index contributed by atoms with van der Waals surface area (Å²) in [4.78, 5) is 39.4. The molecular formula is C22H29N3O4. The summed E-state index contributed by atoms with van der Waals surface area (Å²) >= 11 is 0. The molecule has 1 aromatic rings. The number of benzene rings is 1. The van der Waals surface area contributed by atoms with Crippen molar-refractivity contribution in [3.8, 4) is 0 Å². The van der Waals surface area contributed by atoms with Crippen LogP contribution in [0.15, 0.2) is 30.3 Å². The SMILES string of the molecule is O=C(NCc1ccccc1)NC1(C(=O)N2C[C@H](C(=O)O)[C@@H](C3CC3)C2)CCCC1. The second-order valence-electron chi connectivity index (χ2n) is 8.74. The van der Waals surface area contributed by atoms with Crippen LogP contribution in [-0.2, 0) is 16.1 Å². The fraction of sp³-hybridized carbons (Fsp3) is 0.591. The zero-order valence-electron chi connectivity index (χ0n) is 16.6. The van der Waals surface area contributed by atoms with Gasteiger partial charge in [0, 0.05) is 19.6 Å². The molecule has 0 unspecified atom stereocenters. The Bertz CT molecular complexity index is 772. The smallest absolute Gasteiger partial charge is 0.315 e. The average Bonchev–Trinajstić information content (AvgIpc) is 3.28. The van der Waals surface area contributed by atoms with Crippen molar-refractivity contribution in [2.75, 3.05) is 13.1 Å². The third kappa shape index (κ3) is 4.23. The number of aliphatic carboxylic acids is 1. The lowest BCUT2D eigenvalue weighted by Crippen LogP contribution is -2.59. The van der Waals surface area contributed by atoms with Gasteiger partial charge in [0.05, 0.1) is 5.92 Å². The van der Waals surface area contributed by atoms with E-state index in [2.05, 4.69) is 10.6 Å². The third-order valence-corrected chi connectivity index (χ3v) is 6.71. The van der Waals surface area contributed by atoms with Gasteiger partial charge in [0.2, 0.25) is 5.91 Å². The second-order valence-corrected chi connectivity index (χ2v) is 8.74. The largest absolute Gasteiger partial charge is 0.481 e. The third-order valence-electron chi connectivity index (χ3n) is 6.71. The highest BCUT2D eigenvalue weighted by Crippen LogP contribution is 2.45. The normalized spacial score (nSPS) is 25.6. The zero-order valence-corrected chi connectivity index (χ0v) is 16.6. The van der Waals surface area contributed by atoms with Gasteiger partial charge in [-0.25, -0.2) is 4.79 Å². The van der Waals surface area contributed by atoms with Crippen molar-refractivity contribution in [2.45, 2.75) is 50.6 Å². The van der Waals surface area contributed by atoms with Gasteiger partial charge in [-0.15, -0.1) is 0 Å². The molecule has 2 saturated carbocycles. The highest BCUT2D eigenvalue weighted by atomic mass is 16.4. The Morgan fingerprint density at radius 3 is 2.38 bits per heavy atom. The monoisotopic (exact) mass is 399 g/mol. The molecule has 0 bridgehead atoms. The summed E-state index contributed by atoms with van der Waals surface area (Å²) in [6, 6.07) is 9.27. The van der Waals surface area contributed by atoms with Gasteiger partial charge in [0.25, 0.3) is 0 Å². The lowest BCUT2D eigenvalue weighted by Gasteiger charge is -2.33. The van der Waals surface area contributed by atoms with Gasteiger partial charge >= 0.3 is 12.0 Å². The van der Waals surface area contributed by atoms with Crippen molar-refractivity contribution in [2.24, 2.45) is 17.8 Å². The molecule has 3 N–H and O–H groups in total. The van der Waals surface area contributed by atoms with Crippen LogP contribution in [0.2, 0.25) is 0 Å². The van der Waals surface area contributed by atoms with Crippen LogP contribution in [-0.4, -0.2) is 46.5 Å². The van der Waals surface area contributed by atoms with Crippen LogP contribution in [0.3, 0.4) is 0 Å². The lowest BCUT2D eigenvalue weighted by atomic mass is 9.92. The lowest BCUT2D eigenvalue weighted by molar-refractivity contribution is -0.143. The molecule has 2 atom stereocenters. The van der Waals surface area contributed by atoms with Crippen LogP contribution < -0.4 is 10.6 Å². The summed E-state index contributed by atoms with van der Waals surface area (Å²) in [5.41, 5.74) is 0.0768. The van der Waals surface area contributed by atoms with Gasteiger partial charge in [0.15, 0.2) is 0 Å². The molecular weight excluding hydrogens is 370 g/mol. The Labute approximate surface area is 170 Å². The summed E-state index contributed by atoms with van der Waals surface area (Å²) in [5.74, 6) is -0.945. The quantitative estimate of drug-likeness (QED) is 0.684. The molecule has 1 heterocycles. The van der Waals surface area contributed by atoms with Crippen LogP contribution in [0.25, 0.3) is 0 Å². The number of likely N-dealkylation sites (tertiary alicyclic amines) is 1. The van der Waals surface area contributed by atoms with Gasteiger partial charge in [-0.05, 0) is 43.1 Å². The van der Waals surface area contributed by atoms with E-state index in [1.54, 1.807) is 4.90 Å². The van der Waals surface area contributed by atoms with Crippen LogP contribution >= 0.6 is 0 Å². The molecule has 156 valence electrons. The summed E-state index contributed by atoms with van der Waals surface area (Å²) in [7, 11) is 0. The summed E-state index contributed by atoms with van der Waals surface area (Å²) in [6.45, 7) is 1.14. The van der Waals surface area contributed by atoms with E-state index in [0.29, 0.717) is 31.8 Å². The second kappa shape index (κ2) is 8.05. The van der Waals surface area contributed by atoms with Crippen LogP contribution in [0.5, 0.6) is 0 Å². The minimum Gasteiger partial charge on any atom is -0.481 e. The van der Waals surface area contributed by atoms with Crippen molar-refractivity contribution in [1.29, 1.82) is 0 Å². The molecule has 7 heteroatoms. The van der Waals surface area contributed by atoms with Crippen molar-refractivity contribution >= 4 is 17.9 Å². The first-order chi connectivity index (χ1) is 14.0. The van der Waals surface area contributed by atoms with E-state index in [-0.39, 0.29) is 24.4 Å². The number of nitrogens with one attached hydrogen (secondary N) is 2. The molecule has 7 nitrogen and oxygen atoms in total. The molecule has 0 spiro atoms. The van der Waals surface area contributed by atoms with E-state index in [9.17, 15) is 19.5 Å². The molecule has 3 aliphatic rings. The van der Waals surface area contributed by atoms with Gasteiger partial charge in [-0.2, -0.15) is 0 Å². The predicted molar refractivity (Wildman–Crippen MR) is 107 cm³/mol. The Morgan fingerprint density at radius 1 is 1.07 bits per heavy atom. The summed E-state index contributed by atoms with van der Waals surface area (Å²) in [6.07, 6.45) is 5.09. The average molecular weight is 399 g/mol. The minimum absolute atomic E-state index is 0.0433. The summed E-state index contributed by atoms with van der Waals surface area (Å²) < 4.78 is 0. The van der Waals surface area contributed by atoms with Gasteiger partial charge in [-0.3, -0.25) is 9.59 Å². The first-order valence-corrected chi connectivity index (χ1v) is 10.6. The maximum Gasteiger partial charge on any atom is 0.315 e. The van der Waals surface area contributed by atoms with Crippen molar-refractivity contribution in [3.63, 3.8) is 0 Å². The number of urea groups is 1. The maximum atomic E-state index is 13.4. The highest BCUT2D eigenvalue weighted by Gasteiger charge is 2.51. The first-order valence-electron chi connectivity index (χ1n) is 10.6. The first kappa shape index (κ1) is 19.7. The Balaban J connectivity index is 1.41. The standard InChI is InChI=1S/C22H29N3O4/c26-19(27)18-14-25(13-17(18)16-8-9-16)20(28)22(10-4-5-11-22)24-21(29)23-12-15-6-2-1-3-7-15/h1-3,6-7,16-18H,4-5,8-14H2,(H,26,27)(H2,23,24,29)/t17-,18+/m1/s1. The number of nitrogens with zero attached hydrogens (tertiary/aromatic N) is 1. The maximum absolute atomic E-state index is 13.4. The Kier molecular flexibility index (Phi) is 5.48. The number of hydrogen-bond donors (Lipinski definition) is 3. The molecule has 1 aliphatic heterocycles. The van der Waals surface area contributed by atoms with E-state index in [0.717, 1.165) is 31.2 Å². The highest BCUT2D eigenvalue weighted by molar-refractivity contribution is 5.92. The van der Waals surface area contributed by atoms with E-state index < -0.39 is 17.4 Å². The molecule has 0 aromatic heterocycles. The molecule has 4 rings (SSSR count). The number of amides is 3. The Hall–Kier alpha value is -2.57. The summed E-state index contributed by atoms with van der Waals surface area (Å²) in [5, 5.41) is 15.4. The van der Waals surface area contributed by atoms with Gasteiger partial charge in [-0.1, -0.05) is 43.2 Å². The number of carbonyl (C=O) groups excluding carboxylic acids is 2. The van der Waals surface area contributed by atoms with Gasteiger partial charge < -0.3 is 20.6 Å². The van der Waals surface area contributed by atoms with Crippen LogP contribution in [0.4, 0.5) is 4.79 Å². The number of carboxylic acid groups (broad SMARTS) is 1. The van der Waals surface area contributed by atoms with Crippen LogP contribution in [0.1, 0.15) is 44.1 Å². The fourth-order valence-corrected chi connectivity index (χ4v) is 4.97. The molecule has 0 radical (unpaired) electrons. The minimum atomic E-state index is -0.914. The molecule has 1 aromatic carbocycles. The van der Waals surface area contributed by atoms with Gasteiger partial charge in [0.1, 0.15) is 5.54 Å². The zero-order chi connectivity index (χ0) is 20.4. The number of carbonyl (C=O) groups is 3. The van der Waals surface area contributed by atoms with Crippen molar-refractivity contribution in [1.82, 2.24) is 15.5 Å². The van der Waals surface area contributed by atoms with E-state index in [1.807, 2.05) is 30.3 Å². The Morgan fingerprint density at radius 2 is 1.76 bits per heavy atom. The van der Waals surface area contributed by atoms with Crippen molar-refractivity contribution in [3.05, 3.63) is 35.9 Å². The number of carboxylic acids is 1. The van der Waals surface area contributed by atoms with Crippen molar-refractivity contribution < 1.29 is 19.5 Å². The van der Waals surface area contributed by atoms with E-state index in [1.165, 1.54) is 0 Å².